The predicted molar refractivity (Wildman–Crippen MR) is 75.8 cm³/mol. The van der Waals surface area contributed by atoms with Crippen LogP contribution in [0.15, 0.2) is 24.3 Å². The number of nitrogens with two attached hydrogens (primary N) is 1. The SMILES string of the molecule is COCCOc1ccc(NC(=O)C2(N)CC2)cc1.Cl. The average Bonchev–Trinajstić information content (AvgIpc) is 3.11. The minimum atomic E-state index is -0.645. The summed E-state index contributed by atoms with van der Waals surface area (Å²) in [6.07, 6.45) is 1.52. The number of anilines is 1. The van der Waals surface area contributed by atoms with Gasteiger partial charge in [0.1, 0.15) is 12.4 Å². The molecule has 0 spiro atoms. The molecule has 5 nitrogen and oxygen atoms in total. The summed E-state index contributed by atoms with van der Waals surface area (Å²) in [4.78, 5) is 11.7. The number of benzene rings is 1. The fourth-order valence-corrected chi connectivity index (χ4v) is 1.49. The van der Waals surface area contributed by atoms with Crippen molar-refractivity contribution in [3.8, 4) is 5.75 Å². The Morgan fingerprint density at radius 2 is 1.95 bits per heavy atom. The van der Waals surface area contributed by atoms with Gasteiger partial charge in [-0.1, -0.05) is 0 Å². The number of amides is 1. The molecule has 1 aliphatic carbocycles. The van der Waals surface area contributed by atoms with Crippen molar-refractivity contribution in [2.45, 2.75) is 18.4 Å². The fourth-order valence-electron chi connectivity index (χ4n) is 1.49. The van der Waals surface area contributed by atoms with Gasteiger partial charge in [-0.3, -0.25) is 4.79 Å². The van der Waals surface area contributed by atoms with Gasteiger partial charge < -0.3 is 20.5 Å². The van der Waals surface area contributed by atoms with Gasteiger partial charge in [-0.15, -0.1) is 12.4 Å². The third-order valence-corrected chi connectivity index (χ3v) is 2.91. The van der Waals surface area contributed by atoms with E-state index in [1.54, 1.807) is 31.4 Å². The molecule has 0 aromatic heterocycles. The Kier molecular flexibility index (Phi) is 5.60. The van der Waals surface area contributed by atoms with Crippen LogP contribution in [0.2, 0.25) is 0 Å². The van der Waals surface area contributed by atoms with Gasteiger partial charge in [-0.05, 0) is 37.1 Å². The Hall–Kier alpha value is -1.30. The van der Waals surface area contributed by atoms with E-state index in [1.807, 2.05) is 0 Å². The number of carbonyl (C=O) groups excluding carboxylic acids is 1. The van der Waals surface area contributed by atoms with E-state index >= 15 is 0 Å². The maximum absolute atomic E-state index is 11.7. The zero-order valence-corrected chi connectivity index (χ0v) is 11.7. The molecule has 0 heterocycles. The first-order valence-corrected chi connectivity index (χ1v) is 5.96. The molecule has 0 saturated heterocycles. The van der Waals surface area contributed by atoms with Crippen molar-refractivity contribution in [3.63, 3.8) is 0 Å². The van der Waals surface area contributed by atoms with Crippen LogP contribution >= 0.6 is 12.4 Å². The predicted octanol–water partition coefficient (Wildman–Crippen LogP) is 1.56. The number of halogens is 1. The highest BCUT2D eigenvalue weighted by molar-refractivity contribution is 6.00. The molecule has 1 aliphatic rings. The molecule has 3 N–H and O–H groups in total. The molecule has 1 saturated carbocycles. The smallest absolute Gasteiger partial charge is 0.244 e. The van der Waals surface area contributed by atoms with Gasteiger partial charge in [-0.2, -0.15) is 0 Å². The maximum atomic E-state index is 11.7. The molecule has 6 heteroatoms. The van der Waals surface area contributed by atoms with Crippen LogP contribution in [-0.4, -0.2) is 31.8 Å². The lowest BCUT2D eigenvalue weighted by molar-refractivity contribution is -0.118. The minimum absolute atomic E-state index is 0. The van der Waals surface area contributed by atoms with Crippen molar-refractivity contribution >= 4 is 24.0 Å². The van der Waals surface area contributed by atoms with Crippen LogP contribution in [0.3, 0.4) is 0 Å². The number of nitrogens with one attached hydrogen (secondary N) is 1. The maximum Gasteiger partial charge on any atom is 0.244 e. The summed E-state index contributed by atoms with van der Waals surface area (Å²) in [5.41, 5.74) is 5.89. The molecule has 106 valence electrons. The number of carbonyl (C=O) groups is 1. The second-order valence-corrected chi connectivity index (χ2v) is 4.48. The number of ether oxygens (including phenoxy) is 2. The Bertz CT molecular complexity index is 418. The van der Waals surface area contributed by atoms with Crippen LogP contribution in [0.4, 0.5) is 5.69 Å². The summed E-state index contributed by atoms with van der Waals surface area (Å²) in [6.45, 7) is 1.06. The first kappa shape index (κ1) is 15.8. The van der Waals surface area contributed by atoms with E-state index in [0.717, 1.165) is 24.3 Å². The van der Waals surface area contributed by atoms with E-state index in [-0.39, 0.29) is 18.3 Å². The summed E-state index contributed by atoms with van der Waals surface area (Å²) in [6, 6.07) is 7.21. The summed E-state index contributed by atoms with van der Waals surface area (Å²) < 4.78 is 10.3. The van der Waals surface area contributed by atoms with Crippen LogP contribution in [0.5, 0.6) is 5.75 Å². The average molecular weight is 287 g/mol. The Morgan fingerprint density at radius 1 is 1.32 bits per heavy atom. The summed E-state index contributed by atoms with van der Waals surface area (Å²) in [5, 5.41) is 2.79. The number of hydrogen-bond acceptors (Lipinski definition) is 4. The molecule has 0 bridgehead atoms. The minimum Gasteiger partial charge on any atom is -0.491 e. The first-order valence-electron chi connectivity index (χ1n) is 5.96. The number of methoxy groups -OCH3 is 1. The monoisotopic (exact) mass is 286 g/mol. The molecule has 1 fully saturated rings. The van der Waals surface area contributed by atoms with Gasteiger partial charge in [-0.25, -0.2) is 0 Å². The lowest BCUT2D eigenvalue weighted by Gasteiger charge is -2.11. The Morgan fingerprint density at radius 3 is 2.47 bits per heavy atom. The summed E-state index contributed by atoms with van der Waals surface area (Å²) in [7, 11) is 1.63. The van der Waals surface area contributed by atoms with E-state index in [4.69, 9.17) is 15.2 Å². The van der Waals surface area contributed by atoms with Gasteiger partial charge in [0.05, 0.1) is 12.1 Å². The number of rotatable bonds is 6. The van der Waals surface area contributed by atoms with E-state index in [2.05, 4.69) is 5.32 Å². The topological polar surface area (TPSA) is 73.6 Å². The van der Waals surface area contributed by atoms with E-state index in [9.17, 15) is 4.79 Å². The lowest BCUT2D eigenvalue weighted by atomic mass is 10.2. The molecule has 0 aliphatic heterocycles. The van der Waals surface area contributed by atoms with Gasteiger partial charge >= 0.3 is 0 Å². The van der Waals surface area contributed by atoms with Crippen molar-refractivity contribution in [1.29, 1.82) is 0 Å². The highest BCUT2D eigenvalue weighted by Gasteiger charge is 2.45. The second-order valence-electron chi connectivity index (χ2n) is 4.48. The molecule has 1 aromatic rings. The van der Waals surface area contributed by atoms with Gasteiger partial charge in [0.15, 0.2) is 0 Å². The summed E-state index contributed by atoms with van der Waals surface area (Å²) >= 11 is 0. The normalized spacial score (nSPS) is 15.3. The van der Waals surface area contributed by atoms with Crippen molar-refractivity contribution in [2.75, 3.05) is 25.6 Å². The Labute approximate surface area is 118 Å². The lowest BCUT2D eigenvalue weighted by Crippen LogP contribution is -2.37. The summed E-state index contributed by atoms with van der Waals surface area (Å²) in [5.74, 6) is 0.634. The molecule has 2 rings (SSSR count). The quantitative estimate of drug-likeness (QED) is 0.779. The van der Waals surface area contributed by atoms with Crippen LogP contribution in [0, 0.1) is 0 Å². The third-order valence-electron chi connectivity index (χ3n) is 2.91. The third kappa shape index (κ3) is 4.38. The number of hydrogen-bond donors (Lipinski definition) is 2. The van der Waals surface area contributed by atoms with Crippen molar-refractivity contribution in [2.24, 2.45) is 5.73 Å². The largest absolute Gasteiger partial charge is 0.491 e. The van der Waals surface area contributed by atoms with Gasteiger partial charge in [0, 0.05) is 12.8 Å². The Balaban J connectivity index is 0.00000180. The molecular weight excluding hydrogens is 268 g/mol. The van der Waals surface area contributed by atoms with Crippen molar-refractivity contribution in [3.05, 3.63) is 24.3 Å². The first-order chi connectivity index (χ1) is 8.64. The van der Waals surface area contributed by atoms with Crippen LogP contribution in [-0.2, 0) is 9.53 Å². The van der Waals surface area contributed by atoms with Crippen LogP contribution in [0.25, 0.3) is 0 Å². The molecule has 0 radical (unpaired) electrons. The van der Waals surface area contributed by atoms with Crippen molar-refractivity contribution in [1.82, 2.24) is 0 Å². The molecule has 19 heavy (non-hydrogen) atoms. The van der Waals surface area contributed by atoms with Crippen LogP contribution in [0.1, 0.15) is 12.8 Å². The molecule has 1 amide bonds. The molecule has 0 atom stereocenters. The van der Waals surface area contributed by atoms with Crippen LogP contribution < -0.4 is 15.8 Å². The van der Waals surface area contributed by atoms with Crippen molar-refractivity contribution < 1.29 is 14.3 Å². The zero-order valence-electron chi connectivity index (χ0n) is 10.8. The standard InChI is InChI=1S/C13H18N2O3.ClH/c1-17-8-9-18-11-4-2-10(3-5-11)15-12(16)13(14)6-7-13;/h2-5H,6-9,14H2,1H3,(H,15,16);1H. The second kappa shape index (κ2) is 6.75. The zero-order chi connectivity index (χ0) is 13.0. The molecule has 1 aromatic carbocycles. The highest BCUT2D eigenvalue weighted by Crippen LogP contribution is 2.33. The molecule has 0 unspecified atom stereocenters. The van der Waals surface area contributed by atoms with Gasteiger partial charge in [0.2, 0.25) is 5.91 Å². The van der Waals surface area contributed by atoms with Gasteiger partial charge in [0.25, 0.3) is 0 Å². The fraction of sp³-hybridized carbons (Fsp3) is 0.462. The van der Waals surface area contributed by atoms with E-state index < -0.39 is 5.54 Å². The van der Waals surface area contributed by atoms with E-state index in [1.165, 1.54) is 0 Å². The van der Waals surface area contributed by atoms with E-state index in [0.29, 0.717) is 13.2 Å². The highest BCUT2D eigenvalue weighted by atomic mass is 35.5. The molecular formula is C13H19ClN2O3.